The number of nitrogens with one attached hydrogen (secondary N) is 1. The topological polar surface area (TPSA) is 72.2 Å². The minimum absolute atomic E-state index is 0.0459. The summed E-state index contributed by atoms with van der Waals surface area (Å²) in [6, 6.07) is 7.07. The molecular weight excluding hydrogens is 248 g/mol. The zero-order valence-corrected chi connectivity index (χ0v) is 11.5. The number of hydrogen-bond donors (Lipinski definition) is 2. The van der Waals surface area contributed by atoms with E-state index in [9.17, 15) is 8.42 Å². The molecule has 0 amide bonds. The molecule has 0 aliphatic heterocycles. The van der Waals surface area contributed by atoms with Crippen molar-refractivity contribution in [2.45, 2.75) is 31.9 Å². The third kappa shape index (κ3) is 3.23. The van der Waals surface area contributed by atoms with Crippen molar-refractivity contribution in [1.29, 1.82) is 0 Å². The van der Waals surface area contributed by atoms with Crippen LogP contribution < -0.4 is 10.5 Å². The first kappa shape index (κ1) is 13.4. The summed E-state index contributed by atoms with van der Waals surface area (Å²) in [6.07, 6.45) is 3.40. The predicted molar refractivity (Wildman–Crippen MR) is 73.4 cm³/mol. The van der Waals surface area contributed by atoms with Crippen molar-refractivity contribution in [3.63, 3.8) is 0 Å². The number of rotatable bonds is 5. The highest BCUT2D eigenvalue weighted by Crippen LogP contribution is 2.39. The van der Waals surface area contributed by atoms with E-state index in [4.69, 9.17) is 5.73 Å². The summed E-state index contributed by atoms with van der Waals surface area (Å²) in [6.45, 7) is 2.65. The van der Waals surface area contributed by atoms with Gasteiger partial charge in [0.25, 0.3) is 0 Å². The fraction of sp³-hybridized carbons (Fsp3) is 0.538. The zero-order valence-electron chi connectivity index (χ0n) is 10.6. The molecule has 1 fully saturated rings. The minimum atomic E-state index is -3.30. The Kier molecular flexibility index (Phi) is 3.64. The molecule has 5 heteroatoms. The summed E-state index contributed by atoms with van der Waals surface area (Å²) in [5.74, 6) is -0.0459. The van der Waals surface area contributed by atoms with Crippen LogP contribution in [0.3, 0.4) is 0 Å². The van der Waals surface area contributed by atoms with Crippen LogP contribution in [0.1, 0.15) is 31.7 Å². The van der Waals surface area contributed by atoms with Crippen molar-refractivity contribution in [1.82, 2.24) is 4.72 Å². The monoisotopic (exact) mass is 268 g/mol. The number of hydrogen-bond acceptors (Lipinski definition) is 3. The minimum Gasteiger partial charge on any atom is -0.398 e. The van der Waals surface area contributed by atoms with E-state index in [1.54, 1.807) is 24.3 Å². The molecule has 0 saturated heterocycles. The Hall–Kier alpha value is -1.07. The average molecular weight is 268 g/mol. The lowest BCUT2D eigenvalue weighted by Gasteiger charge is -2.38. The van der Waals surface area contributed by atoms with Crippen molar-refractivity contribution in [2.75, 3.05) is 12.3 Å². The molecule has 3 N–H and O–H groups in total. The number of para-hydroxylation sites is 1. The van der Waals surface area contributed by atoms with Crippen molar-refractivity contribution < 1.29 is 8.42 Å². The quantitative estimate of drug-likeness (QED) is 0.801. The van der Waals surface area contributed by atoms with E-state index in [1.165, 1.54) is 6.42 Å². The van der Waals surface area contributed by atoms with E-state index in [2.05, 4.69) is 11.6 Å². The molecule has 0 radical (unpaired) electrons. The Morgan fingerprint density at radius 1 is 1.33 bits per heavy atom. The van der Waals surface area contributed by atoms with E-state index in [0.717, 1.165) is 12.8 Å². The smallest absolute Gasteiger partial charge is 0.215 e. The number of benzene rings is 1. The van der Waals surface area contributed by atoms with Crippen LogP contribution in [0, 0.1) is 5.41 Å². The SMILES string of the molecule is CC1(CNS(=O)(=O)Cc2ccccc2N)CCC1. The maximum absolute atomic E-state index is 12.0. The highest BCUT2D eigenvalue weighted by molar-refractivity contribution is 7.88. The van der Waals surface area contributed by atoms with E-state index >= 15 is 0 Å². The number of nitrogen functional groups attached to an aromatic ring is 1. The Balaban J connectivity index is 1.97. The molecule has 18 heavy (non-hydrogen) atoms. The van der Waals surface area contributed by atoms with Gasteiger partial charge in [0.2, 0.25) is 10.0 Å². The molecule has 100 valence electrons. The lowest BCUT2D eigenvalue weighted by Crippen LogP contribution is -2.40. The van der Waals surface area contributed by atoms with E-state index in [-0.39, 0.29) is 11.2 Å². The highest BCUT2D eigenvalue weighted by atomic mass is 32.2. The Morgan fingerprint density at radius 2 is 2.00 bits per heavy atom. The number of nitrogens with two attached hydrogens (primary N) is 1. The van der Waals surface area contributed by atoms with Crippen LogP contribution in [0.5, 0.6) is 0 Å². The maximum Gasteiger partial charge on any atom is 0.215 e. The van der Waals surface area contributed by atoms with Gasteiger partial charge in [-0.15, -0.1) is 0 Å². The fourth-order valence-electron chi connectivity index (χ4n) is 2.16. The van der Waals surface area contributed by atoms with Gasteiger partial charge < -0.3 is 5.73 Å². The normalized spacial score (nSPS) is 18.3. The molecular formula is C13H20N2O2S. The molecule has 0 aromatic heterocycles. The summed E-state index contributed by atoms with van der Waals surface area (Å²) in [5, 5.41) is 0. The molecule has 1 aromatic rings. The Morgan fingerprint density at radius 3 is 2.56 bits per heavy atom. The third-order valence-corrected chi connectivity index (χ3v) is 4.96. The molecule has 0 atom stereocenters. The molecule has 1 aromatic carbocycles. The van der Waals surface area contributed by atoms with Gasteiger partial charge in [0.05, 0.1) is 5.75 Å². The van der Waals surface area contributed by atoms with E-state index in [1.807, 2.05) is 0 Å². The van der Waals surface area contributed by atoms with Gasteiger partial charge in [0.1, 0.15) is 0 Å². The van der Waals surface area contributed by atoms with Crippen LogP contribution in [0.4, 0.5) is 5.69 Å². The van der Waals surface area contributed by atoms with Gasteiger partial charge >= 0.3 is 0 Å². The lowest BCUT2D eigenvalue weighted by atomic mass is 9.71. The highest BCUT2D eigenvalue weighted by Gasteiger charge is 2.32. The van der Waals surface area contributed by atoms with E-state index < -0.39 is 10.0 Å². The van der Waals surface area contributed by atoms with Gasteiger partial charge in [-0.2, -0.15) is 0 Å². The zero-order chi connectivity index (χ0) is 13.2. The van der Waals surface area contributed by atoms with Crippen LogP contribution in [0.25, 0.3) is 0 Å². The van der Waals surface area contributed by atoms with Gasteiger partial charge in [0.15, 0.2) is 0 Å². The van der Waals surface area contributed by atoms with Crippen LogP contribution in [0.15, 0.2) is 24.3 Å². The third-order valence-electron chi connectivity index (χ3n) is 3.68. The first-order valence-corrected chi connectivity index (χ1v) is 7.86. The first-order chi connectivity index (χ1) is 8.40. The molecule has 0 spiro atoms. The maximum atomic E-state index is 12.0. The van der Waals surface area contributed by atoms with Crippen LogP contribution in [-0.4, -0.2) is 15.0 Å². The van der Waals surface area contributed by atoms with Gasteiger partial charge in [-0.1, -0.05) is 31.5 Å². The van der Waals surface area contributed by atoms with Crippen molar-refractivity contribution in [2.24, 2.45) is 5.41 Å². The predicted octanol–water partition coefficient (Wildman–Crippen LogP) is 1.88. The van der Waals surface area contributed by atoms with Crippen LogP contribution in [-0.2, 0) is 15.8 Å². The summed E-state index contributed by atoms with van der Waals surface area (Å²) < 4.78 is 26.6. The van der Waals surface area contributed by atoms with Crippen LogP contribution >= 0.6 is 0 Å². The molecule has 0 heterocycles. The number of anilines is 1. The standard InChI is InChI=1S/C13H20N2O2S/c1-13(7-4-8-13)10-15-18(16,17)9-11-5-2-3-6-12(11)14/h2-3,5-6,15H,4,7-10,14H2,1H3. The summed E-state index contributed by atoms with van der Waals surface area (Å²) >= 11 is 0. The van der Waals surface area contributed by atoms with Crippen LogP contribution in [0.2, 0.25) is 0 Å². The van der Waals surface area contributed by atoms with Crippen molar-refractivity contribution >= 4 is 15.7 Å². The van der Waals surface area contributed by atoms with E-state index in [0.29, 0.717) is 17.8 Å². The molecule has 1 saturated carbocycles. The average Bonchev–Trinajstić information content (AvgIpc) is 2.27. The largest absolute Gasteiger partial charge is 0.398 e. The number of sulfonamides is 1. The second-order valence-electron chi connectivity index (χ2n) is 5.44. The Labute approximate surface area is 109 Å². The molecule has 0 unspecified atom stereocenters. The van der Waals surface area contributed by atoms with Gasteiger partial charge in [-0.05, 0) is 29.9 Å². The molecule has 1 aliphatic rings. The van der Waals surface area contributed by atoms with Gasteiger partial charge in [-0.25, -0.2) is 13.1 Å². The summed E-state index contributed by atoms with van der Waals surface area (Å²) in [4.78, 5) is 0. The summed E-state index contributed by atoms with van der Waals surface area (Å²) in [7, 11) is -3.30. The van der Waals surface area contributed by atoms with Crippen molar-refractivity contribution in [3.8, 4) is 0 Å². The second kappa shape index (κ2) is 4.90. The molecule has 1 aliphatic carbocycles. The van der Waals surface area contributed by atoms with Crippen molar-refractivity contribution in [3.05, 3.63) is 29.8 Å². The molecule has 0 bridgehead atoms. The van der Waals surface area contributed by atoms with Gasteiger partial charge in [-0.3, -0.25) is 0 Å². The Bertz CT molecular complexity index is 522. The molecule has 4 nitrogen and oxygen atoms in total. The lowest BCUT2D eigenvalue weighted by molar-refractivity contribution is 0.166. The van der Waals surface area contributed by atoms with Gasteiger partial charge in [0, 0.05) is 12.2 Å². The second-order valence-corrected chi connectivity index (χ2v) is 7.25. The first-order valence-electron chi connectivity index (χ1n) is 6.21. The molecule has 2 rings (SSSR count). The fourth-order valence-corrected chi connectivity index (χ4v) is 3.51. The summed E-state index contributed by atoms with van der Waals surface area (Å²) in [5.41, 5.74) is 7.08.